The van der Waals surface area contributed by atoms with E-state index in [0.717, 1.165) is 37.0 Å². The van der Waals surface area contributed by atoms with E-state index in [9.17, 15) is 0 Å². The van der Waals surface area contributed by atoms with Crippen LogP contribution in [0.3, 0.4) is 0 Å². The first kappa shape index (κ1) is 13.2. The second-order valence-electron chi connectivity index (χ2n) is 4.81. The van der Waals surface area contributed by atoms with E-state index in [-0.39, 0.29) is 0 Å². The van der Waals surface area contributed by atoms with Crippen LogP contribution in [0.15, 0.2) is 24.0 Å². The summed E-state index contributed by atoms with van der Waals surface area (Å²) < 4.78 is 1.85. The van der Waals surface area contributed by atoms with Crippen molar-refractivity contribution in [3.63, 3.8) is 0 Å². The van der Waals surface area contributed by atoms with Crippen LogP contribution in [0.1, 0.15) is 25.8 Å². The molecule has 0 saturated heterocycles. The average Bonchev–Trinajstić information content (AvgIpc) is 2.98. The second-order valence-corrected chi connectivity index (χ2v) is 5.68. The molecule has 4 nitrogen and oxygen atoms in total. The Kier molecular flexibility index (Phi) is 4.90. The van der Waals surface area contributed by atoms with Crippen LogP contribution in [0, 0.1) is 5.92 Å². The van der Waals surface area contributed by atoms with Gasteiger partial charge in [-0.25, -0.2) is 9.67 Å². The molecule has 2 rings (SSSR count). The molecule has 5 heteroatoms. The van der Waals surface area contributed by atoms with Crippen LogP contribution < -0.4 is 5.32 Å². The van der Waals surface area contributed by atoms with Crippen LogP contribution in [0.25, 0.3) is 5.13 Å². The van der Waals surface area contributed by atoms with Gasteiger partial charge in [0.2, 0.25) is 5.13 Å². The summed E-state index contributed by atoms with van der Waals surface area (Å²) in [5.74, 6) is 0.720. The standard InChI is InChI=1S/C13H20N4S/c1-11(2)8-14-5-3-4-12-9-16-17(10-12)13-15-6-7-18-13/h6-7,9-11,14H,3-5,8H2,1-2H3. The molecule has 0 amide bonds. The van der Waals surface area contributed by atoms with E-state index in [0.29, 0.717) is 0 Å². The highest BCUT2D eigenvalue weighted by Gasteiger charge is 2.02. The maximum Gasteiger partial charge on any atom is 0.210 e. The van der Waals surface area contributed by atoms with Crippen molar-refractivity contribution < 1.29 is 0 Å². The lowest BCUT2D eigenvalue weighted by atomic mass is 10.2. The third-order valence-electron chi connectivity index (χ3n) is 2.62. The summed E-state index contributed by atoms with van der Waals surface area (Å²) in [5.41, 5.74) is 1.27. The van der Waals surface area contributed by atoms with Gasteiger partial charge in [-0.2, -0.15) is 5.10 Å². The van der Waals surface area contributed by atoms with Gasteiger partial charge < -0.3 is 5.32 Å². The van der Waals surface area contributed by atoms with Crippen molar-refractivity contribution in [3.05, 3.63) is 29.5 Å². The summed E-state index contributed by atoms with van der Waals surface area (Å²) in [6.07, 6.45) is 8.02. The fourth-order valence-corrected chi connectivity index (χ4v) is 2.30. The number of aromatic nitrogens is 3. The molecule has 0 fully saturated rings. The van der Waals surface area contributed by atoms with Crippen molar-refractivity contribution in [1.29, 1.82) is 0 Å². The lowest BCUT2D eigenvalue weighted by Gasteiger charge is -2.06. The van der Waals surface area contributed by atoms with Gasteiger partial charge in [0.05, 0.1) is 6.20 Å². The Labute approximate surface area is 112 Å². The summed E-state index contributed by atoms with van der Waals surface area (Å²) in [5, 5.41) is 10.7. The molecular weight excluding hydrogens is 244 g/mol. The van der Waals surface area contributed by atoms with E-state index >= 15 is 0 Å². The number of aryl methyl sites for hydroxylation is 1. The van der Waals surface area contributed by atoms with Gasteiger partial charge in [-0.1, -0.05) is 13.8 Å². The van der Waals surface area contributed by atoms with Crippen LogP contribution >= 0.6 is 11.3 Å². The quantitative estimate of drug-likeness (QED) is 0.781. The molecule has 0 spiro atoms. The van der Waals surface area contributed by atoms with Gasteiger partial charge in [0.25, 0.3) is 0 Å². The highest BCUT2D eigenvalue weighted by Crippen LogP contribution is 2.11. The van der Waals surface area contributed by atoms with Gasteiger partial charge in [-0.05, 0) is 37.4 Å². The lowest BCUT2D eigenvalue weighted by Crippen LogP contribution is -2.20. The summed E-state index contributed by atoms with van der Waals surface area (Å²) in [6, 6.07) is 0. The molecular formula is C13H20N4S. The third kappa shape index (κ3) is 3.92. The third-order valence-corrected chi connectivity index (χ3v) is 3.38. The van der Waals surface area contributed by atoms with Crippen LogP contribution in [-0.2, 0) is 6.42 Å². The van der Waals surface area contributed by atoms with Crippen LogP contribution in [0.2, 0.25) is 0 Å². The molecule has 18 heavy (non-hydrogen) atoms. The van der Waals surface area contributed by atoms with Gasteiger partial charge in [-0.3, -0.25) is 0 Å². The number of nitrogens with one attached hydrogen (secondary N) is 1. The summed E-state index contributed by atoms with van der Waals surface area (Å²) in [6.45, 7) is 6.62. The van der Waals surface area contributed by atoms with Crippen LogP contribution in [-0.4, -0.2) is 27.9 Å². The van der Waals surface area contributed by atoms with E-state index in [1.165, 1.54) is 5.56 Å². The number of rotatable bonds is 7. The maximum absolute atomic E-state index is 4.33. The zero-order valence-electron chi connectivity index (χ0n) is 11.0. The van der Waals surface area contributed by atoms with Crippen LogP contribution in [0.5, 0.6) is 0 Å². The van der Waals surface area contributed by atoms with E-state index in [2.05, 4.69) is 35.4 Å². The molecule has 98 valence electrons. The second kappa shape index (κ2) is 6.66. The van der Waals surface area contributed by atoms with Crippen molar-refractivity contribution in [3.8, 4) is 5.13 Å². The van der Waals surface area contributed by atoms with E-state index < -0.39 is 0 Å². The molecule has 2 heterocycles. The Morgan fingerprint density at radius 3 is 3.06 bits per heavy atom. The number of nitrogens with zero attached hydrogens (tertiary/aromatic N) is 3. The largest absolute Gasteiger partial charge is 0.316 e. The minimum Gasteiger partial charge on any atom is -0.316 e. The predicted molar refractivity (Wildman–Crippen MR) is 75.3 cm³/mol. The lowest BCUT2D eigenvalue weighted by molar-refractivity contribution is 0.543. The fourth-order valence-electron chi connectivity index (χ4n) is 1.73. The van der Waals surface area contributed by atoms with Crippen molar-refractivity contribution in [2.24, 2.45) is 5.92 Å². The molecule has 0 aliphatic heterocycles. The first-order chi connectivity index (χ1) is 8.75. The molecule has 0 aliphatic rings. The van der Waals surface area contributed by atoms with Crippen molar-refractivity contribution in [2.45, 2.75) is 26.7 Å². The van der Waals surface area contributed by atoms with Crippen molar-refractivity contribution in [2.75, 3.05) is 13.1 Å². The average molecular weight is 264 g/mol. The van der Waals surface area contributed by atoms with E-state index in [1.807, 2.05) is 16.3 Å². The Morgan fingerprint density at radius 2 is 2.33 bits per heavy atom. The zero-order chi connectivity index (χ0) is 12.8. The summed E-state index contributed by atoms with van der Waals surface area (Å²) >= 11 is 1.60. The predicted octanol–water partition coefficient (Wildman–Crippen LogP) is 2.51. The van der Waals surface area contributed by atoms with E-state index in [1.54, 1.807) is 17.5 Å². The van der Waals surface area contributed by atoms with Crippen molar-refractivity contribution >= 4 is 11.3 Å². The monoisotopic (exact) mass is 264 g/mol. The number of hydrogen-bond donors (Lipinski definition) is 1. The Morgan fingerprint density at radius 1 is 1.44 bits per heavy atom. The molecule has 0 unspecified atom stereocenters. The van der Waals surface area contributed by atoms with E-state index in [4.69, 9.17) is 0 Å². The first-order valence-electron chi connectivity index (χ1n) is 6.40. The molecule has 0 saturated carbocycles. The summed E-state index contributed by atoms with van der Waals surface area (Å²) in [7, 11) is 0. The summed E-state index contributed by atoms with van der Waals surface area (Å²) in [4.78, 5) is 4.24. The number of thiazole rings is 1. The Balaban J connectivity index is 1.74. The smallest absolute Gasteiger partial charge is 0.210 e. The van der Waals surface area contributed by atoms with Crippen molar-refractivity contribution in [1.82, 2.24) is 20.1 Å². The highest BCUT2D eigenvalue weighted by atomic mass is 32.1. The zero-order valence-corrected chi connectivity index (χ0v) is 11.8. The fraction of sp³-hybridized carbons (Fsp3) is 0.538. The molecule has 0 radical (unpaired) electrons. The minimum atomic E-state index is 0.720. The number of hydrogen-bond acceptors (Lipinski definition) is 4. The Hall–Kier alpha value is -1.20. The molecule has 0 aromatic carbocycles. The van der Waals surface area contributed by atoms with Gasteiger partial charge >= 0.3 is 0 Å². The van der Waals surface area contributed by atoms with Crippen LogP contribution in [0.4, 0.5) is 0 Å². The highest BCUT2D eigenvalue weighted by molar-refractivity contribution is 7.12. The molecule has 2 aromatic rings. The van der Waals surface area contributed by atoms with Gasteiger partial charge in [0.15, 0.2) is 0 Å². The minimum absolute atomic E-state index is 0.720. The molecule has 0 atom stereocenters. The van der Waals surface area contributed by atoms with Gasteiger partial charge in [0.1, 0.15) is 0 Å². The van der Waals surface area contributed by atoms with Gasteiger partial charge in [0, 0.05) is 17.8 Å². The SMILES string of the molecule is CC(C)CNCCCc1cnn(-c2nccs2)c1. The molecule has 2 aromatic heterocycles. The molecule has 0 aliphatic carbocycles. The normalized spacial score (nSPS) is 11.3. The molecule has 1 N–H and O–H groups in total. The Bertz CT molecular complexity index is 447. The topological polar surface area (TPSA) is 42.7 Å². The molecule has 0 bridgehead atoms. The maximum atomic E-state index is 4.33. The van der Waals surface area contributed by atoms with Gasteiger partial charge in [-0.15, -0.1) is 11.3 Å². The first-order valence-corrected chi connectivity index (χ1v) is 7.28.